The minimum Gasteiger partial charge on any atom is -0.469 e. The fraction of sp³-hybridized carbons (Fsp3) is 0.786. The number of fused-ring (bicyclic) bond motifs is 1. The highest BCUT2D eigenvalue weighted by molar-refractivity contribution is 6.22. The lowest BCUT2D eigenvalue weighted by molar-refractivity contribution is -0.185. The van der Waals surface area contributed by atoms with E-state index in [9.17, 15) is 14.4 Å². The molecule has 0 radical (unpaired) electrons. The number of ether oxygens (including phenoxy) is 2. The highest BCUT2D eigenvalue weighted by atomic mass is 35.5. The topological polar surface area (TPSA) is 69.7 Å². The minimum atomic E-state index is -1.25. The van der Waals surface area contributed by atoms with Crippen molar-refractivity contribution in [3.63, 3.8) is 0 Å². The molecule has 20 heavy (non-hydrogen) atoms. The summed E-state index contributed by atoms with van der Waals surface area (Å²) in [6.07, 6.45) is 0.558. The van der Waals surface area contributed by atoms with Gasteiger partial charge in [-0.1, -0.05) is 13.8 Å². The molecule has 4 rings (SSSR count). The van der Waals surface area contributed by atoms with Gasteiger partial charge >= 0.3 is 11.9 Å². The molecule has 6 heteroatoms. The number of alkyl halides is 1. The van der Waals surface area contributed by atoms with Crippen LogP contribution in [0.3, 0.4) is 0 Å². The summed E-state index contributed by atoms with van der Waals surface area (Å²) in [6, 6.07) is 0. The van der Waals surface area contributed by atoms with Crippen LogP contribution < -0.4 is 0 Å². The van der Waals surface area contributed by atoms with E-state index in [-0.39, 0.29) is 23.5 Å². The molecule has 0 aromatic heterocycles. The lowest BCUT2D eigenvalue weighted by atomic mass is 9.44. The van der Waals surface area contributed by atoms with Gasteiger partial charge in [-0.3, -0.25) is 14.4 Å². The van der Waals surface area contributed by atoms with Gasteiger partial charge in [-0.05, 0) is 12.3 Å². The molecule has 6 atom stereocenters. The maximum Gasteiger partial charge on any atom is 0.311 e. The Kier molecular flexibility index (Phi) is 2.75. The SMILES string of the molecule is COC(=O)[C@@H]1[C@@H]2C(=O)O[C@]3(CCl)C(=O)[C@@]1(C)CC(C)[C@H]23. The van der Waals surface area contributed by atoms with E-state index in [0.29, 0.717) is 6.42 Å². The number of carbonyl (C=O) groups excluding carboxylic acids is 3. The highest BCUT2D eigenvalue weighted by Gasteiger charge is 2.78. The molecule has 110 valence electrons. The summed E-state index contributed by atoms with van der Waals surface area (Å²) >= 11 is 5.99. The van der Waals surface area contributed by atoms with E-state index in [2.05, 4.69) is 0 Å². The van der Waals surface area contributed by atoms with Crippen molar-refractivity contribution in [1.29, 1.82) is 0 Å². The number of carbonyl (C=O) groups is 3. The second-order valence-corrected chi connectivity index (χ2v) is 6.69. The van der Waals surface area contributed by atoms with Crippen molar-refractivity contribution < 1.29 is 23.9 Å². The Morgan fingerprint density at radius 2 is 2.15 bits per heavy atom. The fourth-order valence-corrected chi connectivity index (χ4v) is 5.21. The van der Waals surface area contributed by atoms with Crippen molar-refractivity contribution in [1.82, 2.24) is 0 Å². The molecule has 0 aromatic rings. The maximum atomic E-state index is 12.9. The third-order valence-electron chi connectivity index (χ3n) is 5.44. The first-order valence-electron chi connectivity index (χ1n) is 6.75. The third kappa shape index (κ3) is 1.27. The Bertz CT molecular complexity index is 518. The van der Waals surface area contributed by atoms with E-state index in [4.69, 9.17) is 21.1 Å². The normalized spacial score (nSPS) is 49.2. The van der Waals surface area contributed by atoms with Gasteiger partial charge in [0.2, 0.25) is 0 Å². The summed E-state index contributed by atoms with van der Waals surface area (Å²) in [6.45, 7) is 3.72. The summed E-state index contributed by atoms with van der Waals surface area (Å²) in [4.78, 5) is 37.2. The number of Topliss-reactive ketones (excluding diaryl/α,β-unsaturated/α-hetero) is 1. The maximum absolute atomic E-state index is 12.9. The first-order valence-corrected chi connectivity index (χ1v) is 7.28. The molecule has 0 N–H and O–H groups in total. The largest absolute Gasteiger partial charge is 0.469 e. The second-order valence-electron chi connectivity index (χ2n) is 6.42. The van der Waals surface area contributed by atoms with Gasteiger partial charge in [-0.2, -0.15) is 0 Å². The highest BCUT2D eigenvalue weighted by Crippen LogP contribution is 2.65. The first kappa shape index (κ1) is 13.9. The van der Waals surface area contributed by atoms with E-state index < -0.39 is 34.8 Å². The van der Waals surface area contributed by atoms with Gasteiger partial charge in [0.25, 0.3) is 0 Å². The summed E-state index contributed by atoms with van der Waals surface area (Å²) in [5.41, 5.74) is -2.19. The summed E-state index contributed by atoms with van der Waals surface area (Å²) in [5.74, 6) is -2.87. The van der Waals surface area contributed by atoms with Crippen molar-refractivity contribution >= 4 is 29.3 Å². The van der Waals surface area contributed by atoms with Crippen LogP contribution in [0.2, 0.25) is 0 Å². The van der Waals surface area contributed by atoms with Crippen molar-refractivity contribution in [3.8, 4) is 0 Å². The predicted octanol–water partition coefficient (Wildman–Crippen LogP) is 1.17. The number of halogens is 1. The first-order chi connectivity index (χ1) is 9.33. The number of methoxy groups -OCH3 is 1. The zero-order valence-electron chi connectivity index (χ0n) is 11.6. The van der Waals surface area contributed by atoms with Crippen LogP contribution >= 0.6 is 11.6 Å². The van der Waals surface area contributed by atoms with Gasteiger partial charge in [0.05, 0.1) is 24.8 Å². The number of hydrogen-bond donors (Lipinski definition) is 0. The Hall–Kier alpha value is -1.10. The molecular weight excluding hydrogens is 284 g/mol. The van der Waals surface area contributed by atoms with Crippen LogP contribution in [-0.4, -0.2) is 36.3 Å². The molecule has 1 unspecified atom stereocenters. The standard InChI is InChI=1S/C14H17ClO5/c1-6-4-13(2)9(11(17)19-3)7-8(6)14(5-15,12(13)18)20-10(7)16/h6-9H,4-5H2,1-3H3/t6?,7-,8-,9+,13+,14+/m1/s1. The fourth-order valence-electron chi connectivity index (χ4n) is 4.85. The van der Waals surface area contributed by atoms with Crippen LogP contribution in [0.15, 0.2) is 0 Å². The smallest absolute Gasteiger partial charge is 0.311 e. The van der Waals surface area contributed by atoms with E-state index in [1.165, 1.54) is 7.11 Å². The number of hydrogen-bond acceptors (Lipinski definition) is 5. The summed E-state index contributed by atoms with van der Waals surface area (Å²) in [7, 11) is 1.27. The molecule has 5 nitrogen and oxygen atoms in total. The molecule has 0 spiro atoms. The van der Waals surface area contributed by atoms with Crippen molar-refractivity contribution in [2.45, 2.75) is 25.9 Å². The van der Waals surface area contributed by atoms with Gasteiger partial charge in [0.1, 0.15) is 0 Å². The zero-order valence-corrected chi connectivity index (χ0v) is 12.4. The molecule has 0 amide bonds. The van der Waals surface area contributed by atoms with Crippen molar-refractivity contribution in [3.05, 3.63) is 0 Å². The van der Waals surface area contributed by atoms with Crippen LogP contribution in [0.1, 0.15) is 20.3 Å². The number of rotatable bonds is 2. The zero-order chi connectivity index (χ0) is 14.9. The monoisotopic (exact) mass is 300 g/mol. The van der Waals surface area contributed by atoms with Gasteiger partial charge in [0.15, 0.2) is 11.4 Å². The van der Waals surface area contributed by atoms with Crippen LogP contribution in [0.5, 0.6) is 0 Å². The molecule has 4 fully saturated rings. The molecule has 4 bridgehead atoms. The molecule has 0 aromatic carbocycles. The van der Waals surface area contributed by atoms with Crippen LogP contribution in [0.4, 0.5) is 0 Å². The molecule has 1 saturated heterocycles. The van der Waals surface area contributed by atoms with Gasteiger partial charge < -0.3 is 9.47 Å². The lowest BCUT2D eigenvalue weighted by Gasteiger charge is -2.56. The minimum absolute atomic E-state index is 0.0490. The number of ketones is 1. The van der Waals surface area contributed by atoms with E-state index in [0.717, 1.165) is 0 Å². The average molecular weight is 301 g/mol. The predicted molar refractivity (Wildman–Crippen MR) is 68.9 cm³/mol. The summed E-state index contributed by atoms with van der Waals surface area (Å²) < 4.78 is 10.2. The summed E-state index contributed by atoms with van der Waals surface area (Å²) in [5, 5.41) is 0. The van der Waals surface area contributed by atoms with E-state index in [1.54, 1.807) is 6.92 Å². The van der Waals surface area contributed by atoms with Crippen molar-refractivity contribution in [2.24, 2.45) is 29.1 Å². The van der Waals surface area contributed by atoms with Crippen LogP contribution in [-0.2, 0) is 23.9 Å². The average Bonchev–Trinajstić information content (AvgIpc) is 2.68. The second kappa shape index (κ2) is 3.97. The van der Waals surface area contributed by atoms with E-state index in [1.807, 2.05) is 6.92 Å². The molecular formula is C14H17ClO5. The molecule has 4 aliphatic rings. The molecule has 1 heterocycles. The molecule has 1 aliphatic heterocycles. The Morgan fingerprint density at radius 3 is 2.70 bits per heavy atom. The van der Waals surface area contributed by atoms with Gasteiger partial charge in [-0.25, -0.2) is 0 Å². The van der Waals surface area contributed by atoms with Crippen LogP contribution in [0, 0.1) is 29.1 Å². The Balaban J connectivity index is 2.21. The Labute approximate surface area is 121 Å². The van der Waals surface area contributed by atoms with Crippen LogP contribution in [0.25, 0.3) is 0 Å². The number of esters is 2. The Morgan fingerprint density at radius 1 is 1.50 bits per heavy atom. The lowest BCUT2D eigenvalue weighted by Crippen LogP contribution is -2.68. The third-order valence-corrected chi connectivity index (χ3v) is 5.84. The molecule has 3 aliphatic carbocycles. The van der Waals surface area contributed by atoms with E-state index >= 15 is 0 Å². The quantitative estimate of drug-likeness (QED) is 0.565. The van der Waals surface area contributed by atoms with Gasteiger partial charge in [-0.15, -0.1) is 11.6 Å². The van der Waals surface area contributed by atoms with Gasteiger partial charge in [0, 0.05) is 11.3 Å². The molecule has 3 saturated carbocycles. The van der Waals surface area contributed by atoms with Crippen molar-refractivity contribution in [2.75, 3.05) is 13.0 Å².